The zero-order valence-electron chi connectivity index (χ0n) is 8.00. The molecule has 1 rings (SSSR count). The van der Waals surface area contributed by atoms with Crippen molar-refractivity contribution in [3.63, 3.8) is 0 Å². The van der Waals surface area contributed by atoms with E-state index in [-0.39, 0.29) is 22.9 Å². The molecule has 84 valence electrons. The number of rotatable bonds is 3. The van der Waals surface area contributed by atoms with Crippen LogP contribution in [0.25, 0.3) is 0 Å². The lowest BCUT2D eigenvalue weighted by atomic mass is 10.1. The van der Waals surface area contributed by atoms with Crippen molar-refractivity contribution in [2.45, 2.75) is 6.04 Å². The van der Waals surface area contributed by atoms with Gasteiger partial charge in [0.25, 0.3) is 0 Å². The van der Waals surface area contributed by atoms with Crippen molar-refractivity contribution in [1.82, 2.24) is 0 Å². The van der Waals surface area contributed by atoms with Crippen molar-refractivity contribution < 1.29 is 19.3 Å². The molecule has 1 atom stereocenters. The molecule has 0 radical (unpaired) electrons. The molecular formula is C9H11ClFNO3. The largest absolute Gasteiger partial charge is 0.504 e. The fourth-order valence-electron chi connectivity index (χ4n) is 1.19. The van der Waals surface area contributed by atoms with Crippen molar-refractivity contribution in [3.8, 4) is 11.5 Å². The van der Waals surface area contributed by atoms with E-state index < -0.39 is 17.6 Å². The minimum atomic E-state index is -0.982. The van der Waals surface area contributed by atoms with Gasteiger partial charge in [0.05, 0.1) is 24.8 Å². The number of phenols is 1. The molecule has 0 heterocycles. The summed E-state index contributed by atoms with van der Waals surface area (Å²) in [5.41, 5.74) is 5.73. The molecule has 0 saturated heterocycles. The van der Waals surface area contributed by atoms with Crippen LogP contribution in [0.2, 0.25) is 5.02 Å². The van der Waals surface area contributed by atoms with Crippen molar-refractivity contribution in [1.29, 1.82) is 0 Å². The molecule has 1 unspecified atom stereocenters. The van der Waals surface area contributed by atoms with E-state index in [1.165, 1.54) is 13.2 Å². The van der Waals surface area contributed by atoms with Crippen LogP contribution in [0.3, 0.4) is 0 Å². The smallest absolute Gasteiger partial charge is 0.208 e. The monoisotopic (exact) mass is 235 g/mol. The molecule has 4 nitrogen and oxygen atoms in total. The summed E-state index contributed by atoms with van der Waals surface area (Å²) in [7, 11) is 1.24. The molecule has 0 saturated carbocycles. The number of methoxy groups -OCH3 is 1. The highest BCUT2D eigenvalue weighted by Crippen LogP contribution is 2.38. The van der Waals surface area contributed by atoms with Crippen molar-refractivity contribution in [2.24, 2.45) is 5.73 Å². The first kappa shape index (κ1) is 12.0. The van der Waals surface area contributed by atoms with Gasteiger partial charge in [-0.15, -0.1) is 0 Å². The third kappa shape index (κ3) is 2.14. The van der Waals surface area contributed by atoms with Gasteiger partial charge in [0.1, 0.15) is 0 Å². The van der Waals surface area contributed by atoms with E-state index in [9.17, 15) is 9.50 Å². The van der Waals surface area contributed by atoms with Gasteiger partial charge in [-0.2, -0.15) is 4.39 Å². The number of hydrogen-bond acceptors (Lipinski definition) is 4. The lowest BCUT2D eigenvalue weighted by Crippen LogP contribution is -2.16. The van der Waals surface area contributed by atoms with E-state index in [1.807, 2.05) is 0 Å². The minimum Gasteiger partial charge on any atom is -0.504 e. The topological polar surface area (TPSA) is 75.7 Å². The first-order valence-electron chi connectivity index (χ1n) is 4.14. The maximum absolute atomic E-state index is 13.4. The Morgan fingerprint density at radius 2 is 2.27 bits per heavy atom. The number of halogens is 2. The SMILES string of the molecule is COc1c(C(N)CO)cc(Cl)c(O)c1F. The molecule has 1 aromatic rings. The van der Waals surface area contributed by atoms with Crippen LogP contribution in [0.1, 0.15) is 11.6 Å². The molecule has 0 aliphatic carbocycles. The van der Waals surface area contributed by atoms with Crippen LogP contribution in [0, 0.1) is 5.82 Å². The summed E-state index contributed by atoms with van der Waals surface area (Å²) in [6.07, 6.45) is 0. The van der Waals surface area contributed by atoms with Gasteiger partial charge in [-0.05, 0) is 6.07 Å². The second kappa shape index (κ2) is 4.65. The molecule has 0 aliphatic rings. The number of nitrogens with two attached hydrogens (primary N) is 1. The van der Waals surface area contributed by atoms with Crippen LogP contribution in [-0.4, -0.2) is 23.9 Å². The van der Waals surface area contributed by atoms with Crippen LogP contribution < -0.4 is 10.5 Å². The van der Waals surface area contributed by atoms with E-state index in [2.05, 4.69) is 0 Å². The Balaban J connectivity index is 3.38. The van der Waals surface area contributed by atoms with Crippen molar-refractivity contribution >= 4 is 11.6 Å². The first-order chi connectivity index (χ1) is 7.02. The second-order valence-electron chi connectivity index (χ2n) is 2.93. The van der Waals surface area contributed by atoms with Gasteiger partial charge >= 0.3 is 0 Å². The molecule has 0 aromatic heterocycles. The highest BCUT2D eigenvalue weighted by Gasteiger charge is 2.21. The average Bonchev–Trinajstić information content (AvgIpc) is 2.24. The Morgan fingerprint density at radius 3 is 2.73 bits per heavy atom. The molecule has 0 aliphatic heterocycles. The summed E-state index contributed by atoms with van der Waals surface area (Å²) >= 11 is 5.57. The Hall–Kier alpha value is -1.04. The molecule has 0 amide bonds. The Kier molecular flexibility index (Phi) is 3.73. The third-order valence-corrected chi connectivity index (χ3v) is 2.27. The average molecular weight is 236 g/mol. The lowest BCUT2D eigenvalue weighted by molar-refractivity contribution is 0.262. The number of benzene rings is 1. The normalized spacial score (nSPS) is 12.6. The molecule has 0 bridgehead atoms. The van der Waals surface area contributed by atoms with Gasteiger partial charge in [-0.1, -0.05) is 11.6 Å². The van der Waals surface area contributed by atoms with E-state index >= 15 is 0 Å². The zero-order valence-corrected chi connectivity index (χ0v) is 8.75. The number of hydrogen-bond donors (Lipinski definition) is 3. The van der Waals surface area contributed by atoms with Gasteiger partial charge in [0, 0.05) is 5.56 Å². The minimum absolute atomic E-state index is 0.174. The van der Waals surface area contributed by atoms with Gasteiger partial charge in [-0.3, -0.25) is 0 Å². The van der Waals surface area contributed by atoms with Crippen LogP contribution in [0.15, 0.2) is 6.07 Å². The van der Waals surface area contributed by atoms with E-state index in [0.717, 1.165) is 0 Å². The number of aromatic hydroxyl groups is 1. The molecule has 6 heteroatoms. The van der Waals surface area contributed by atoms with E-state index in [0.29, 0.717) is 0 Å². The number of aliphatic hydroxyl groups excluding tert-OH is 1. The summed E-state index contributed by atoms with van der Waals surface area (Å²) in [4.78, 5) is 0. The van der Waals surface area contributed by atoms with Gasteiger partial charge in [-0.25, -0.2) is 0 Å². The number of aliphatic hydroxyl groups is 1. The Bertz CT molecular complexity index is 373. The summed E-state index contributed by atoms with van der Waals surface area (Å²) in [5, 5.41) is 17.9. The Labute approximate surface area is 91.0 Å². The standard InChI is InChI=1S/C9H11ClFNO3/c1-15-9-4(6(12)3-13)2-5(10)8(14)7(9)11/h2,6,13-14H,3,12H2,1H3. The van der Waals surface area contributed by atoms with Crippen molar-refractivity contribution in [3.05, 3.63) is 22.5 Å². The number of phenolic OH excluding ortho intramolecular Hbond substituents is 1. The van der Waals surface area contributed by atoms with Crippen LogP contribution >= 0.6 is 11.6 Å². The Morgan fingerprint density at radius 1 is 1.67 bits per heavy atom. The van der Waals surface area contributed by atoms with E-state index in [1.54, 1.807) is 0 Å². The summed E-state index contributed by atoms with van der Waals surface area (Å²) in [5.74, 6) is -1.88. The maximum atomic E-state index is 13.4. The lowest BCUT2D eigenvalue weighted by Gasteiger charge is -2.15. The summed E-state index contributed by atoms with van der Waals surface area (Å²) in [6, 6.07) is 0.451. The van der Waals surface area contributed by atoms with Crippen LogP contribution in [-0.2, 0) is 0 Å². The predicted octanol–water partition coefficient (Wildman–Crippen LogP) is 1.19. The predicted molar refractivity (Wildman–Crippen MR) is 53.6 cm³/mol. The molecule has 0 spiro atoms. The second-order valence-corrected chi connectivity index (χ2v) is 3.34. The molecule has 1 aromatic carbocycles. The summed E-state index contributed by atoms with van der Waals surface area (Å²) < 4.78 is 18.2. The molecule has 15 heavy (non-hydrogen) atoms. The quantitative estimate of drug-likeness (QED) is 0.736. The number of ether oxygens (including phenoxy) is 1. The fraction of sp³-hybridized carbons (Fsp3) is 0.333. The maximum Gasteiger partial charge on any atom is 0.208 e. The highest BCUT2D eigenvalue weighted by molar-refractivity contribution is 6.32. The van der Waals surface area contributed by atoms with E-state index in [4.69, 9.17) is 27.2 Å². The molecule has 4 N–H and O–H groups in total. The van der Waals surface area contributed by atoms with Crippen molar-refractivity contribution in [2.75, 3.05) is 13.7 Å². The van der Waals surface area contributed by atoms with Gasteiger partial charge < -0.3 is 20.7 Å². The fourth-order valence-corrected chi connectivity index (χ4v) is 1.39. The molecular weight excluding hydrogens is 225 g/mol. The molecule has 0 fully saturated rings. The van der Waals surface area contributed by atoms with Crippen LogP contribution in [0.4, 0.5) is 4.39 Å². The summed E-state index contributed by atoms with van der Waals surface area (Å²) in [6.45, 7) is -0.378. The first-order valence-corrected chi connectivity index (χ1v) is 4.52. The zero-order chi connectivity index (χ0) is 11.6. The third-order valence-electron chi connectivity index (χ3n) is 1.98. The van der Waals surface area contributed by atoms with Gasteiger partial charge in [0.15, 0.2) is 11.5 Å². The highest BCUT2D eigenvalue weighted by atomic mass is 35.5. The van der Waals surface area contributed by atoms with Crippen LogP contribution in [0.5, 0.6) is 11.5 Å². The van der Waals surface area contributed by atoms with Gasteiger partial charge in [0.2, 0.25) is 5.82 Å².